The quantitative estimate of drug-likeness (QED) is 0.867. The molecule has 6 heteroatoms. The summed E-state index contributed by atoms with van der Waals surface area (Å²) >= 11 is 11.7. The molecule has 1 aromatic rings. The van der Waals surface area contributed by atoms with Crippen LogP contribution in [0.1, 0.15) is 24.9 Å². The predicted molar refractivity (Wildman–Crippen MR) is 71.9 cm³/mol. The van der Waals surface area contributed by atoms with E-state index in [4.69, 9.17) is 33.7 Å². The maximum atomic E-state index is 11.2. The first-order valence-electron chi connectivity index (χ1n) is 4.90. The Labute approximate surface area is 117 Å². The summed E-state index contributed by atoms with van der Waals surface area (Å²) in [6, 6.07) is 4.55. The third-order valence-electron chi connectivity index (χ3n) is 2.00. The molecule has 1 unspecified atom stereocenters. The van der Waals surface area contributed by atoms with Crippen molar-refractivity contribution in [2.45, 2.75) is 19.4 Å². The van der Waals surface area contributed by atoms with Gasteiger partial charge in [0.25, 0.3) is 0 Å². The second kappa shape index (κ2) is 7.77. The fourth-order valence-electron chi connectivity index (χ4n) is 1.31. The van der Waals surface area contributed by atoms with Gasteiger partial charge in [-0.25, -0.2) is 0 Å². The zero-order chi connectivity index (χ0) is 12.1. The largest absolute Gasteiger partial charge is 0.466 e. The molecule has 1 atom stereocenters. The molecule has 17 heavy (non-hydrogen) atoms. The number of ether oxygens (including phenoxy) is 1. The number of carbonyl (C=O) groups is 1. The monoisotopic (exact) mass is 297 g/mol. The molecule has 0 saturated heterocycles. The van der Waals surface area contributed by atoms with Crippen LogP contribution in [-0.2, 0) is 9.53 Å². The van der Waals surface area contributed by atoms with Gasteiger partial charge in [-0.1, -0.05) is 23.2 Å². The van der Waals surface area contributed by atoms with Crippen LogP contribution in [0.4, 0.5) is 0 Å². The van der Waals surface area contributed by atoms with Crippen molar-refractivity contribution in [2.75, 3.05) is 6.61 Å². The standard InChI is InChI=1S/C11H13Cl2NO2.ClH/c1-2-16-11(15)6-10(14)7-3-8(12)5-9(13)4-7;/h3-5,10H,2,6,14H2,1H3;1H. The molecule has 0 heterocycles. The summed E-state index contributed by atoms with van der Waals surface area (Å²) in [6.45, 7) is 2.10. The van der Waals surface area contributed by atoms with Crippen LogP contribution in [0.25, 0.3) is 0 Å². The SMILES string of the molecule is CCOC(=O)CC(N)c1cc(Cl)cc(Cl)c1.Cl. The van der Waals surface area contributed by atoms with Gasteiger partial charge in [0, 0.05) is 16.1 Å². The van der Waals surface area contributed by atoms with E-state index in [0.717, 1.165) is 5.56 Å². The third-order valence-corrected chi connectivity index (χ3v) is 2.44. The minimum absolute atomic E-state index is 0. The first-order chi connectivity index (χ1) is 7.52. The van der Waals surface area contributed by atoms with Crippen LogP contribution in [0.2, 0.25) is 10.0 Å². The molecule has 0 bridgehead atoms. The van der Waals surface area contributed by atoms with Gasteiger partial charge in [-0.3, -0.25) is 4.79 Å². The van der Waals surface area contributed by atoms with Gasteiger partial charge in [0.1, 0.15) is 0 Å². The molecular weight excluding hydrogens is 284 g/mol. The van der Waals surface area contributed by atoms with Crippen LogP contribution >= 0.6 is 35.6 Å². The van der Waals surface area contributed by atoms with Crippen LogP contribution in [-0.4, -0.2) is 12.6 Å². The molecule has 1 aromatic carbocycles. The molecule has 0 spiro atoms. The van der Waals surface area contributed by atoms with E-state index in [2.05, 4.69) is 0 Å². The Balaban J connectivity index is 0.00000256. The first kappa shape index (κ1) is 16.5. The number of rotatable bonds is 4. The molecule has 0 aromatic heterocycles. The number of benzene rings is 1. The highest BCUT2D eigenvalue weighted by Gasteiger charge is 2.13. The highest BCUT2D eigenvalue weighted by molar-refractivity contribution is 6.34. The van der Waals surface area contributed by atoms with E-state index in [9.17, 15) is 4.79 Å². The Kier molecular flexibility index (Phi) is 7.55. The molecular formula is C11H14Cl3NO2. The predicted octanol–water partition coefficient (Wildman–Crippen LogP) is 3.37. The highest BCUT2D eigenvalue weighted by Crippen LogP contribution is 2.24. The molecule has 0 fully saturated rings. The lowest BCUT2D eigenvalue weighted by Crippen LogP contribution is -2.17. The van der Waals surface area contributed by atoms with Crippen molar-refractivity contribution < 1.29 is 9.53 Å². The van der Waals surface area contributed by atoms with Gasteiger partial charge in [-0.15, -0.1) is 12.4 Å². The van der Waals surface area contributed by atoms with E-state index in [1.807, 2.05) is 0 Å². The summed E-state index contributed by atoms with van der Waals surface area (Å²) in [6.07, 6.45) is 0.116. The smallest absolute Gasteiger partial charge is 0.307 e. The van der Waals surface area contributed by atoms with Gasteiger partial charge in [0.15, 0.2) is 0 Å². The maximum Gasteiger partial charge on any atom is 0.307 e. The van der Waals surface area contributed by atoms with Gasteiger partial charge in [-0.2, -0.15) is 0 Å². The molecule has 0 saturated carbocycles. The zero-order valence-corrected chi connectivity index (χ0v) is 11.6. The first-order valence-corrected chi connectivity index (χ1v) is 5.65. The number of carbonyl (C=O) groups excluding carboxylic acids is 1. The molecule has 3 nitrogen and oxygen atoms in total. The van der Waals surface area contributed by atoms with Gasteiger partial charge in [-0.05, 0) is 30.7 Å². The molecule has 0 aliphatic rings. The van der Waals surface area contributed by atoms with Gasteiger partial charge in [0.2, 0.25) is 0 Å². The minimum atomic E-state index is -0.449. The summed E-state index contributed by atoms with van der Waals surface area (Å²) in [4.78, 5) is 11.2. The lowest BCUT2D eigenvalue weighted by molar-refractivity contribution is -0.143. The van der Waals surface area contributed by atoms with Crippen molar-refractivity contribution in [1.82, 2.24) is 0 Å². The van der Waals surface area contributed by atoms with Gasteiger partial charge in [0.05, 0.1) is 13.0 Å². The van der Waals surface area contributed by atoms with E-state index in [-0.39, 0.29) is 24.8 Å². The fourth-order valence-corrected chi connectivity index (χ4v) is 1.85. The zero-order valence-electron chi connectivity index (χ0n) is 9.28. The van der Waals surface area contributed by atoms with Crippen molar-refractivity contribution in [3.8, 4) is 0 Å². The van der Waals surface area contributed by atoms with Crippen molar-refractivity contribution >= 4 is 41.6 Å². The third kappa shape index (κ3) is 5.59. The Hall–Kier alpha value is -0.480. The summed E-state index contributed by atoms with van der Waals surface area (Å²) < 4.78 is 4.81. The van der Waals surface area contributed by atoms with Crippen LogP contribution in [0.15, 0.2) is 18.2 Å². The fraction of sp³-hybridized carbons (Fsp3) is 0.364. The Morgan fingerprint density at radius 1 is 1.35 bits per heavy atom. The van der Waals surface area contributed by atoms with Gasteiger partial charge >= 0.3 is 5.97 Å². The van der Waals surface area contributed by atoms with E-state index in [1.165, 1.54) is 0 Å². The lowest BCUT2D eigenvalue weighted by atomic mass is 10.1. The normalized spacial score (nSPS) is 11.5. The van der Waals surface area contributed by atoms with Crippen LogP contribution in [0.3, 0.4) is 0 Å². The summed E-state index contributed by atoms with van der Waals surface area (Å²) in [5, 5.41) is 1.00. The Morgan fingerprint density at radius 2 is 1.88 bits per heavy atom. The molecule has 0 amide bonds. The lowest BCUT2D eigenvalue weighted by Gasteiger charge is -2.12. The van der Waals surface area contributed by atoms with E-state index in [0.29, 0.717) is 16.7 Å². The molecule has 0 aliphatic carbocycles. The van der Waals surface area contributed by atoms with Crippen LogP contribution in [0.5, 0.6) is 0 Å². The van der Waals surface area contributed by atoms with Gasteiger partial charge < -0.3 is 10.5 Å². The maximum absolute atomic E-state index is 11.2. The van der Waals surface area contributed by atoms with Crippen LogP contribution < -0.4 is 5.73 Å². The molecule has 0 radical (unpaired) electrons. The number of hydrogen-bond acceptors (Lipinski definition) is 3. The summed E-state index contributed by atoms with van der Waals surface area (Å²) in [7, 11) is 0. The average Bonchev–Trinajstić information content (AvgIpc) is 2.16. The molecule has 96 valence electrons. The minimum Gasteiger partial charge on any atom is -0.466 e. The second-order valence-electron chi connectivity index (χ2n) is 3.32. The number of esters is 1. The van der Waals surface area contributed by atoms with Crippen molar-refractivity contribution in [1.29, 1.82) is 0 Å². The van der Waals surface area contributed by atoms with E-state index < -0.39 is 6.04 Å². The number of halogens is 3. The van der Waals surface area contributed by atoms with Crippen LogP contribution in [0, 0.1) is 0 Å². The number of nitrogens with two attached hydrogens (primary N) is 1. The van der Waals surface area contributed by atoms with Crippen molar-refractivity contribution in [3.63, 3.8) is 0 Å². The summed E-state index contributed by atoms with van der Waals surface area (Å²) in [5.41, 5.74) is 6.57. The molecule has 1 rings (SSSR count). The average molecular weight is 299 g/mol. The van der Waals surface area contributed by atoms with Crippen molar-refractivity contribution in [2.24, 2.45) is 5.73 Å². The molecule has 2 N–H and O–H groups in total. The highest BCUT2D eigenvalue weighted by atomic mass is 35.5. The Morgan fingerprint density at radius 3 is 2.35 bits per heavy atom. The topological polar surface area (TPSA) is 52.3 Å². The number of hydrogen-bond donors (Lipinski definition) is 1. The Bertz CT molecular complexity index is 365. The molecule has 0 aliphatic heterocycles. The summed E-state index contributed by atoms with van der Waals surface area (Å²) in [5.74, 6) is -0.328. The van der Waals surface area contributed by atoms with E-state index in [1.54, 1.807) is 25.1 Å². The van der Waals surface area contributed by atoms with E-state index >= 15 is 0 Å². The second-order valence-corrected chi connectivity index (χ2v) is 4.19. The van der Waals surface area contributed by atoms with Crippen molar-refractivity contribution in [3.05, 3.63) is 33.8 Å².